The summed E-state index contributed by atoms with van der Waals surface area (Å²) in [7, 11) is 3.87. The lowest BCUT2D eigenvalue weighted by Gasteiger charge is -2.53. The van der Waals surface area contributed by atoms with Gasteiger partial charge < -0.3 is 9.30 Å². The van der Waals surface area contributed by atoms with Crippen LogP contribution in [0.1, 0.15) is 30.6 Å². The average Bonchev–Trinajstić information content (AvgIpc) is 2.90. The number of methoxy groups -OCH3 is 1. The smallest absolute Gasteiger partial charge is 0.157 e. The Morgan fingerprint density at radius 1 is 1.29 bits per heavy atom. The average molecular weight is 322 g/mol. The summed E-state index contributed by atoms with van der Waals surface area (Å²) < 4.78 is 7.76. The molecule has 2 aromatic rings. The highest BCUT2D eigenvalue weighted by Gasteiger charge is 2.52. The number of ketones is 1. The van der Waals surface area contributed by atoms with Crippen LogP contribution in [0.3, 0.4) is 0 Å². The lowest BCUT2D eigenvalue weighted by molar-refractivity contribution is -0.137. The van der Waals surface area contributed by atoms with Gasteiger partial charge in [0.15, 0.2) is 5.78 Å². The summed E-state index contributed by atoms with van der Waals surface area (Å²) in [5, 5.41) is 1.25. The minimum atomic E-state index is 0.0572. The maximum atomic E-state index is 12.9. The zero-order chi connectivity index (χ0) is 16.6. The minimum Gasteiger partial charge on any atom is -0.497 e. The first-order valence-corrected chi connectivity index (χ1v) is 8.73. The zero-order valence-electron chi connectivity index (χ0n) is 14.4. The molecule has 4 atom stereocenters. The van der Waals surface area contributed by atoms with Gasteiger partial charge in [0.25, 0.3) is 0 Å². The molecule has 4 aliphatic heterocycles. The number of carbonyl (C=O) groups is 1. The number of benzene rings is 1. The Bertz CT molecular complexity index is 908. The van der Waals surface area contributed by atoms with Crippen molar-refractivity contribution in [3.63, 3.8) is 0 Å². The molecular weight excluding hydrogens is 300 g/mol. The van der Waals surface area contributed by atoms with Crippen LogP contribution < -0.4 is 4.74 Å². The largest absolute Gasteiger partial charge is 0.497 e. The predicted molar refractivity (Wildman–Crippen MR) is 93.3 cm³/mol. The van der Waals surface area contributed by atoms with Crippen molar-refractivity contribution in [2.45, 2.75) is 31.8 Å². The maximum Gasteiger partial charge on any atom is 0.157 e. The number of aryl methyl sites for hydroxylation is 1. The summed E-state index contributed by atoms with van der Waals surface area (Å²) in [4.78, 5) is 15.4. The predicted octanol–water partition coefficient (Wildman–Crippen LogP) is 3.00. The van der Waals surface area contributed by atoms with Crippen LogP contribution in [0.15, 0.2) is 29.8 Å². The highest BCUT2D eigenvalue weighted by atomic mass is 16.5. The number of hydrogen-bond donors (Lipinski definition) is 0. The molecule has 0 amide bonds. The van der Waals surface area contributed by atoms with E-state index in [4.69, 9.17) is 4.74 Å². The lowest BCUT2D eigenvalue weighted by Crippen LogP contribution is -2.60. The molecule has 1 aromatic carbocycles. The topological polar surface area (TPSA) is 34.5 Å². The molecule has 0 N–H and O–H groups in total. The number of nitrogens with zero attached hydrogens (tertiary/aromatic N) is 2. The van der Waals surface area contributed by atoms with Gasteiger partial charge in [-0.05, 0) is 49.1 Å². The molecule has 24 heavy (non-hydrogen) atoms. The molecule has 3 fully saturated rings. The normalized spacial score (nSPS) is 32.5. The molecule has 4 aliphatic rings. The Labute approximate surface area is 141 Å². The third kappa shape index (κ3) is 1.59. The van der Waals surface area contributed by atoms with E-state index in [1.807, 2.05) is 6.07 Å². The van der Waals surface area contributed by atoms with Crippen LogP contribution in [0.5, 0.6) is 5.75 Å². The first-order chi connectivity index (χ1) is 11.6. The van der Waals surface area contributed by atoms with Crippen LogP contribution in [0.2, 0.25) is 0 Å². The lowest BCUT2D eigenvalue weighted by atomic mass is 9.69. The van der Waals surface area contributed by atoms with Gasteiger partial charge in [0.05, 0.1) is 19.2 Å². The van der Waals surface area contributed by atoms with Crippen LogP contribution in [-0.4, -0.2) is 34.9 Å². The molecule has 0 spiro atoms. The van der Waals surface area contributed by atoms with Gasteiger partial charge in [0.1, 0.15) is 5.75 Å². The molecular formula is C20H22N2O2. The number of hydrogen-bond acceptors (Lipinski definition) is 3. The molecule has 4 nitrogen and oxygen atoms in total. The van der Waals surface area contributed by atoms with Gasteiger partial charge in [0, 0.05) is 36.1 Å². The minimum absolute atomic E-state index is 0.0572. The van der Waals surface area contributed by atoms with E-state index in [-0.39, 0.29) is 12.0 Å². The van der Waals surface area contributed by atoms with Crippen molar-refractivity contribution in [1.29, 1.82) is 0 Å². The number of aromatic nitrogens is 1. The van der Waals surface area contributed by atoms with Gasteiger partial charge in [-0.1, -0.05) is 6.08 Å². The van der Waals surface area contributed by atoms with Crippen molar-refractivity contribution in [2.24, 2.45) is 13.0 Å². The second-order valence-electron chi connectivity index (χ2n) is 7.27. The zero-order valence-corrected chi connectivity index (χ0v) is 14.4. The second-order valence-corrected chi connectivity index (χ2v) is 7.27. The Hall–Kier alpha value is -2.07. The van der Waals surface area contributed by atoms with E-state index in [2.05, 4.69) is 41.6 Å². The van der Waals surface area contributed by atoms with Crippen LogP contribution in [0.4, 0.5) is 0 Å². The number of fused-ring (bicyclic) bond motifs is 4. The molecule has 124 valence electrons. The standard InChI is InChI=1S/C20H22N2O2/c1-4-11-10-22-17-8-13(11)20(23)18(22)9-15-14-7-12(24-3)5-6-16(14)21(2)19(15)17/h4-7,13,17-18H,8-10H2,1-3H3/b11-4-/t13?,17-,18-/m0/s1. The summed E-state index contributed by atoms with van der Waals surface area (Å²) in [5.41, 5.74) is 5.32. The molecule has 6 rings (SSSR count). The van der Waals surface area contributed by atoms with E-state index in [1.165, 1.54) is 27.7 Å². The maximum absolute atomic E-state index is 12.9. The fraction of sp³-hybridized carbons (Fsp3) is 0.450. The van der Waals surface area contributed by atoms with Gasteiger partial charge in [-0.2, -0.15) is 0 Å². The van der Waals surface area contributed by atoms with Crippen LogP contribution in [0, 0.1) is 5.92 Å². The quantitative estimate of drug-likeness (QED) is 0.757. The number of rotatable bonds is 1. The van der Waals surface area contributed by atoms with Crippen molar-refractivity contribution < 1.29 is 9.53 Å². The van der Waals surface area contributed by atoms with E-state index < -0.39 is 0 Å². The van der Waals surface area contributed by atoms with E-state index in [0.717, 1.165) is 25.1 Å². The van der Waals surface area contributed by atoms with Crippen molar-refractivity contribution >= 4 is 16.7 Å². The molecule has 0 radical (unpaired) electrons. The summed E-state index contributed by atoms with van der Waals surface area (Å²) in [6.45, 7) is 3.02. The Kier molecular flexibility index (Phi) is 2.82. The second kappa shape index (κ2) is 4.73. The van der Waals surface area contributed by atoms with Crippen LogP contribution >= 0.6 is 0 Å². The number of piperidine rings is 3. The first kappa shape index (κ1) is 14.3. The van der Waals surface area contributed by atoms with E-state index in [1.54, 1.807) is 7.11 Å². The fourth-order valence-electron chi connectivity index (χ4n) is 5.22. The number of carbonyl (C=O) groups excluding carboxylic acids is 1. The van der Waals surface area contributed by atoms with Gasteiger partial charge in [-0.25, -0.2) is 0 Å². The SMILES string of the molecule is C/C=C1/CN2[C@H]3Cc4c(n(C)c5ccc(OC)cc45)[C@@H]2CC1C3=O. The highest BCUT2D eigenvalue weighted by molar-refractivity contribution is 5.94. The Morgan fingerprint density at radius 2 is 2.12 bits per heavy atom. The third-order valence-electron chi connectivity index (χ3n) is 6.39. The van der Waals surface area contributed by atoms with Crippen LogP contribution in [0.25, 0.3) is 10.9 Å². The summed E-state index contributed by atoms with van der Waals surface area (Å²) in [6, 6.07) is 6.72. The van der Waals surface area contributed by atoms with Gasteiger partial charge in [-0.3, -0.25) is 9.69 Å². The molecule has 3 saturated heterocycles. The van der Waals surface area contributed by atoms with E-state index >= 15 is 0 Å². The monoisotopic (exact) mass is 322 g/mol. The number of allylic oxidation sites excluding steroid dienone is 1. The number of ether oxygens (including phenoxy) is 1. The molecule has 4 heteroatoms. The van der Waals surface area contributed by atoms with Crippen molar-refractivity contribution in [3.8, 4) is 5.75 Å². The summed E-state index contributed by atoms with van der Waals surface area (Å²) in [6.07, 6.45) is 3.92. The van der Waals surface area contributed by atoms with Crippen LogP contribution in [-0.2, 0) is 18.3 Å². The fourth-order valence-corrected chi connectivity index (χ4v) is 5.22. The Balaban J connectivity index is 1.73. The molecule has 0 aliphatic carbocycles. The van der Waals surface area contributed by atoms with Crippen molar-refractivity contribution in [3.05, 3.63) is 41.1 Å². The van der Waals surface area contributed by atoms with Gasteiger partial charge >= 0.3 is 0 Å². The highest BCUT2D eigenvalue weighted by Crippen LogP contribution is 2.51. The van der Waals surface area contributed by atoms with Crippen molar-refractivity contribution in [1.82, 2.24) is 9.47 Å². The summed E-state index contributed by atoms with van der Waals surface area (Å²) in [5.74, 6) is 1.45. The molecule has 5 heterocycles. The number of Topliss-reactive ketones (excluding diaryl/α,β-unsaturated/α-hetero) is 1. The van der Waals surface area contributed by atoms with E-state index in [9.17, 15) is 4.79 Å². The van der Waals surface area contributed by atoms with Crippen molar-refractivity contribution in [2.75, 3.05) is 13.7 Å². The molecule has 0 saturated carbocycles. The van der Waals surface area contributed by atoms with Gasteiger partial charge in [0.2, 0.25) is 0 Å². The molecule has 4 bridgehead atoms. The molecule has 2 unspecified atom stereocenters. The Morgan fingerprint density at radius 3 is 2.88 bits per heavy atom. The third-order valence-corrected chi connectivity index (χ3v) is 6.39. The van der Waals surface area contributed by atoms with E-state index in [0.29, 0.717) is 11.8 Å². The van der Waals surface area contributed by atoms with Gasteiger partial charge in [-0.15, -0.1) is 0 Å². The summed E-state index contributed by atoms with van der Waals surface area (Å²) >= 11 is 0. The molecule has 1 aromatic heterocycles. The first-order valence-electron chi connectivity index (χ1n) is 8.73.